The Balaban J connectivity index is 3.28. The fourth-order valence-electron chi connectivity index (χ4n) is 0.920. The number of hydrogen-bond acceptors (Lipinski definition) is 0. The van der Waals surface area contributed by atoms with Crippen LogP contribution in [0.15, 0.2) is 0 Å². The number of alkyl halides is 1. The van der Waals surface area contributed by atoms with Gasteiger partial charge < -0.3 is 0 Å². The number of rotatable bonds is 5. The second-order valence-corrected chi connectivity index (χ2v) is 4.32. The number of halogens is 1. The van der Waals surface area contributed by atoms with Gasteiger partial charge in [0.25, 0.3) is 0 Å². The van der Waals surface area contributed by atoms with Crippen molar-refractivity contribution >= 4 is 15.9 Å². The van der Waals surface area contributed by atoms with Gasteiger partial charge in [0.15, 0.2) is 0 Å². The first-order valence-electron chi connectivity index (χ1n) is 4.18. The number of unbranched alkanes of at least 4 members (excludes halogenated alkanes) is 2. The highest BCUT2D eigenvalue weighted by atomic mass is 79.9. The van der Waals surface area contributed by atoms with E-state index in [9.17, 15) is 0 Å². The summed E-state index contributed by atoms with van der Waals surface area (Å²) in [6.07, 6.45) is 5.45. The van der Waals surface area contributed by atoms with Gasteiger partial charge in [0.2, 0.25) is 0 Å². The first-order valence-corrected chi connectivity index (χ1v) is 5.30. The van der Waals surface area contributed by atoms with E-state index in [-0.39, 0.29) is 0 Å². The van der Waals surface area contributed by atoms with Gasteiger partial charge >= 0.3 is 0 Å². The van der Waals surface area contributed by atoms with Crippen molar-refractivity contribution in [1.82, 2.24) is 0 Å². The first kappa shape index (κ1) is 10.5. The summed E-state index contributed by atoms with van der Waals surface area (Å²) < 4.78 is 0. The average molecular weight is 207 g/mol. The molecule has 0 spiro atoms. The Labute approximate surface area is 73.5 Å². The van der Waals surface area contributed by atoms with Crippen LogP contribution in [-0.4, -0.2) is 5.33 Å². The summed E-state index contributed by atoms with van der Waals surface area (Å²) >= 11 is 3.52. The third-order valence-corrected chi connectivity index (χ3v) is 3.34. The number of hydrogen-bond donors (Lipinski definition) is 0. The van der Waals surface area contributed by atoms with E-state index in [1.807, 2.05) is 0 Å². The van der Waals surface area contributed by atoms with Gasteiger partial charge in [-0.1, -0.05) is 56.0 Å². The van der Waals surface area contributed by atoms with Crippen LogP contribution >= 0.6 is 15.9 Å². The molecule has 0 saturated heterocycles. The maximum absolute atomic E-state index is 3.52. The van der Waals surface area contributed by atoms with Crippen molar-refractivity contribution in [3.8, 4) is 0 Å². The van der Waals surface area contributed by atoms with Crippen molar-refractivity contribution in [2.75, 3.05) is 5.33 Å². The van der Waals surface area contributed by atoms with Crippen LogP contribution in [0.2, 0.25) is 0 Å². The fraction of sp³-hybridized carbons (Fsp3) is 1.00. The molecule has 0 atom stereocenters. The molecule has 0 radical (unpaired) electrons. The molecule has 0 aliphatic carbocycles. The topological polar surface area (TPSA) is 0 Å². The predicted octanol–water partition coefficient (Wildman–Crippen LogP) is 3.99. The van der Waals surface area contributed by atoms with Gasteiger partial charge in [0, 0.05) is 5.33 Å². The Hall–Kier alpha value is 0.480. The maximum atomic E-state index is 3.52. The van der Waals surface area contributed by atoms with Crippen molar-refractivity contribution in [2.24, 2.45) is 5.41 Å². The van der Waals surface area contributed by atoms with Crippen LogP contribution < -0.4 is 0 Å². The van der Waals surface area contributed by atoms with Crippen LogP contribution in [0.3, 0.4) is 0 Å². The van der Waals surface area contributed by atoms with Gasteiger partial charge in [-0.2, -0.15) is 0 Å². The Bertz CT molecular complexity index is 76.8. The maximum Gasteiger partial charge on any atom is 0.00826 e. The molecule has 0 N–H and O–H groups in total. The SMILES string of the molecule is CCCCCC(C)(C)CBr. The van der Waals surface area contributed by atoms with Gasteiger partial charge in [0.05, 0.1) is 0 Å². The normalized spacial score (nSPS) is 12.0. The van der Waals surface area contributed by atoms with E-state index in [2.05, 4.69) is 36.7 Å². The Morgan fingerprint density at radius 1 is 1.20 bits per heavy atom. The van der Waals surface area contributed by atoms with Gasteiger partial charge in [-0.3, -0.25) is 0 Å². The molecule has 62 valence electrons. The second-order valence-electron chi connectivity index (χ2n) is 3.75. The van der Waals surface area contributed by atoms with E-state index in [0.717, 1.165) is 5.33 Å². The summed E-state index contributed by atoms with van der Waals surface area (Å²) in [6, 6.07) is 0. The van der Waals surface area contributed by atoms with Crippen LogP contribution in [-0.2, 0) is 0 Å². The zero-order chi connectivity index (χ0) is 8.04. The van der Waals surface area contributed by atoms with E-state index >= 15 is 0 Å². The van der Waals surface area contributed by atoms with E-state index in [4.69, 9.17) is 0 Å². The molecule has 0 saturated carbocycles. The van der Waals surface area contributed by atoms with E-state index in [1.165, 1.54) is 25.7 Å². The van der Waals surface area contributed by atoms with Crippen molar-refractivity contribution in [1.29, 1.82) is 0 Å². The van der Waals surface area contributed by atoms with E-state index < -0.39 is 0 Å². The van der Waals surface area contributed by atoms with Gasteiger partial charge in [-0.15, -0.1) is 0 Å². The molecule has 1 heteroatoms. The van der Waals surface area contributed by atoms with Crippen LogP contribution in [0.4, 0.5) is 0 Å². The van der Waals surface area contributed by atoms with Gasteiger partial charge in [0.1, 0.15) is 0 Å². The minimum atomic E-state index is 0.509. The van der Waals surface area contributed by atoms with Gasteiger partial charge in [-0.25, -0.2) is 0 Å². The summed E-state index contributed by atoms with van der Waals surface area (Å²) in [5.41, 5.74) is 0.509. The molecular weight excluding hydrogens is 188 g/mol. The zero-order valence-corrected chi connectivity index (χ0v) is 9.00. The predicted molar refractivity (Wildman–Crippen MR) is 51.7 cm³/mol. The van der Waals surface area contributed by atoms with Crippen LogP contribution in [0.25, 0.3) is 0 Å². The van der Waals surface area contributed by atoms with Crippen molar-refractivity contribution < 1.29 is 0 Å². The second kappa shape index (κ2) is 5.17. The molecule has 0 aromatic heterocycles. The fourth-order valence-corrected chi connectivity index (χ4v) is 1.20. The third kappa shape index (κ3) is 5.28. The lowest BCUT2D eigenvalue weighted by Gasteiger charge is -2.20. The molecule has 0 aliphatic heterocycles. The van der Waals surface area contributed by atoms with Crippen molar-refractivity contribution in [3.63, 3.8) is 0 Å². The quantitative estimate of drug-likeness (QED) is 0.472. The third-order valence-electron chi connectivity index (χ3n) is 1.82. The Morgan fingerprint density at radius 2 is 1.80 bits per heavy atom. The summed E-state index contributed by atoms with van der Waals surface area (Å²) in [7, 11) is 0. The van der Waals surface area contributed by atoms with E-state index in [1.54, 1.807) is 0 Å². The van der Waals surface area contributed by atoms with Crippen LogP contribution in [0.5, 0.6) is 0 Å². The van der Waals surface area contributed by atoms with E-state index in [0.29, 0.717) is 5.41 Å². The lowest BCUT2D eigenvalue weighted by atomic mass is 9.89. The average Bonchev–Trinajstić information content (AvgIpc) is 1.89. The Kier molecular flexibility index (Phi) is 5.42. The molecule has 0 aliphatic rings. The molecule has 0 aromatic rings. The molecule has 0 bridgehead atoms. The van der Waals surface area contributed by atoms with Crippen molar-refractivity contribution in [2.45, 2.75) is 46.5 Å². The molecule has 0 rings (SSSR count). The van der Waals surface area contributed by atoms with Crippen molar-refractivity contribution in [3.05, 3.63) is 0 Å². The molecule has 0 unspecified atom stereocenters. The highest BCUT2D eigenvalue weighted by molar-refractivity contribution is 9.09. The smallest absolute Gasteiger partial charge is 0.00826 e. The van der Waals surface area contributed by atoms with Crippen LogP contribution in [0.1, 0.15) is 46.5 Å². The summed E-state index contributed by atoms with van der Waals surface area (Å²) in [5.74, 6) is 0. The first-order chi connectivity index (χ1) is 4.62. The summed E-state index contributed by atoms with van der Waals surface area (Å²) in [4.78, 5) is 0. The standard InChI is InChI=1S/C9H19Br/c1-4-5-6-7-9(2,3)8-10/h4-8H2,1-3H3. The minimum absolute atomic E-state index is 0.509. The lowest BCUT2D eigenvalue weighted by molar-refractivity contribution is 0.371. The summed E-state index contributed by atoms with van der Waals surface area (Å²) in [6.45, 7) is 6.88. The van der Waals surface area contributed by atoms with Crippen LogP contribution in [0, 0.1) is 5.41 Å². The molecule has 0 heterocycles. The molecule has 10 heavy (non-hydrogen) atoms. The molecule has 0 nitrogen and oxygen atoms in total. The molecule has 0 amide bonds. The Morgan fingerprint density at radius 3 is 2.20 bits per heavy atom. The highest BCUT2D eigenvalue weighted by Gasteiger charge is 2.14. The lowest BCUT2D eigenvalue weighted by Crippen LogP contribution is -2.12. The monoisotopic (exact) mass is 206 g/mol. The molecular formula is C9H19Br. The summed E-state index contributed by atoms with van der Waals surface area (Å²) in [5, 5.41) is 1.13. The zero-order valence-electron chi connectivity index (χ0n) is 7.41. The largest absolute Gasteiger partial charge is 0.0922 e. The molecule has 0 aromatic carbocycles. The highest BCUT2D eigenvalue weighted by Crippen LogP contribution is 2.25. The molecule has 0 fully saturated rings. The minimum Gasteiger partial charge on any atom is -0.0922 e. The van der Waals surface area contributed by atoms with Gasteiger partial charge in [-0.05, 0) is 11.8 Å².